The Labute approximate surface area is 199 Å². The lowest BCUT2D eigenvalue weighted by Gasteiger charge is -2.40. The summed E-state index contributed by atoms with van der Waals surface area (Å²) in [6, 6.07) is 16.5. The second-order valence-electron chi connectivity index (χ2n) is 8.87. The first-order chi connectivity index (χ1) is 16.6. The van der Waals surface area contributed by atoms with Crippen LogP contribution in [0.1, 0.15) is 28.4 Å². The molecule has 1 aliphatic rings. The summed E-state index contributed by atoms with van der Waals surface area (Å²) < 4.78 is 6.92. The number of aromatic nitrogens is 3. The average Bonchev–Trinajstić information content (AvgIpc) is 3.27. The number of esters is 1. The van der Waals surface area contributed by atoms with E-state index in [1.54, 1.807) is 12.1 Å². The molecule has 0 bridgehead atoms. The number of piperazine rings is 1. The molecule has 0 unspecified atom stereocenters. The van der Waals surface area contributed by atoms with Crippen molar-refractivity contribution >= 4 is 22.7 Å². The van der Waals surface area contributed by atoms with Crippen molar-refractivity contribution in [2.24, 2.45) is 0 Å². The lowest BCUT2D eigenvalue weighted by molar-refractivity contribution is 0.0600. The van der Waals surface area contributed by atoms with Gasteiger partial charge in [-0.15, -0.1) is 0 Å². The summed E-state index contributed by atoms with van der Waals surface area (Å²) >= 11 is 0. The standard InChI is InChI=1S/C27H29N5O2/c1-20-17-31(13-12-30(20)19-22-4-3-10-28-15-22)25-14-24-9-11-32(26(24)29-16-25)18-21-5-7-23(8-6-21)27(33)34-2/h3-11,14-16,20H,12-13,17-19H2,1-2H3/t20-/m1/s1. The van der Waals surface area contributed by atoms with Crippen LogP contribution in [0.15, 0.2) is 73.3 Å². The number of pyridine rings is 2. The molecule has 1 saturated heterocycles. The van der Waals surface area contributed by atoms with Gasteiger partial charge in [-0.2, -0.15) is 0 Å². The first kappa shape index (κ1) is 22.1. The number of carbonyl (C=O) groups is 1. The third kappa shape index (κ3) is 4.65. The maximum atomic E-state index is 11.7. The van der Waals surface area contributed by atoms with E-state index < -0.39 is 0 Å². The number of carbonyl (C=O) groups excluding carboxylic acids is 1. The fraction of sp³-hybridized carbons (Fsp3) is 0.296. The Morgan fingerprint density at radius 3 is 2.65 bits per heavy atom. The van der Waals surface area contributed by atoms with Crippen molar-refractivity contribution in [1.82, 2.24) is 19.4 Å². The molecular formula is C27H29N5O2. The zero-order valence-electron chi connectivity index (χ0n) is 19.6. The fourth-order valence-electron chi connectivity index (χ4n) is 4.62. The van der Waals surface area contributed by atoms with E-state index in [-0.39, 0.29) is 5.97 Å². The fourth-order valence-corrected chi connectivity index (χ4v) is 4.62. The number of hydrogen-bond donors (Lipinski definition) is 0. The Morgan fingerprint density at radius 2 is 1.91 bits per heavy atom. The molecule has 0 N–H and O–H groups in total. The van der Waals surface area contributed by atoms with Crippen LogP contribution in [0.2, 0.25) is 0 Å². The molecule has 0 radical (unpaired) electrons. The predicted molar refractivity (Wildman–Crippen MR) is 133 cm³/mol. The van der Waals surface area contributed by atoms with Crippen LogP contribution in [0.4, 0.5) is 5.69 Å². The quantitative estimate of drug-likeness (QED) is 0.410. The molecule has 34 heavy (non-hydrogen) atoms. The number of hydrogen-bond acceptors (Lipinski definition) is 6. The highest BCUT2D eigenvalue weighted by Gasteiger charge is 2.24. The number of ether oxygens (including phenoxy) is 1. The number of nitrogens with zero attached hydrogens (tertiary/aromatic N) is 5. The Balaban J connectivity index is 1.26. The van der Waals surface area contributed by atoms with Gasteiger partial charge in [-0.25, -0.2) is 9.78 Å². The largest absolute Gasteiger partial charge is 0.465 e. The van der Waals surface area contributed by atoms with Gasteiger partial charge in [0.25, 0.3) is 0 Å². The van der Waals surface area contributed by atoms with Gasteiger partial charge in [0, 0.05) is 62.7 Å². The van der Waals surface area contributed by atoms with E-state index in [1.165, 1.54) is 18.4 Å². The maximum absolute atomic E-state index is 11.7. The SMILES string of the molecule is COC(=O)c1ccc(Cn2ccc3cc(N4CCN(Cc5cccnc5)[C@H](C)C4)cnc32)cc1. The van der Waals surface area contributed by atoms with Gasteiger partial charge < -0.3 is 14.2 Å². The van der Waals surface area contributed by atoms with E-state index in [2.05, 4.69) is 50.7 Å². The number of anilines is 1. The third-order valence-electron chi connectivity index (χ3n) is 6.55. The van der Waals surface area contributed by atoms with Crippen LogP contribution in [0.25, 0.3) is 11.0 Å². The van der Waals surface area contributed by atoms with Gasteiger partial charge in [0.2, 0.25) is 0 Å². The molecule has 3 aromatic heterocycles. The highest BCUT2D eigenvalue weighted by Crippen LogP contribution is 2.25. The Hall–Kier alpha value is -3.71. The normalized spacial score (nSPS) is 16.6. The predicted octanol–water partition coefficient (Wildman–Crippen LogP) is 3.98. The van der Waals surface area contributed by atoms with Gasteiger partial charge in [-0.05, 0) is 48.4 Å². The summed E-state index contributed by atoms with van der Waals surface area (Å²) in [4.78, 5) is 25.7. The van der Waals surface area contributed by atoms with Gasteiger partial charge in [0.15, 0.2) is 0 Å². The molecule has 7 nitrogen and oxygen atoms in total. The molecule has 1 atom stereocenters. The van der Waals surface area contributed by atoms with Crippen LogP contribution in [0, 0.1) is 0 Å². The maximum Gasteiger partial charge on any atom is 0.337 e. The van der Waals surface area contributed by atoms with Gasteiger partial charge in [-0.3, -0.25) is 9.88 Å². The molecule has 7 heteroatoms. The molecule has 1 aromatic carbocycles. The first-order valence-corrected chi connectivity index (χ1v) is 11.6. The highest BCUT2D eigenvalue weighted by molar-refractivity contribution is 5.89. The van der Waals surface area contributed by atoms with Gasteiger partial charge >= 0.3 is 5.97 Å². The van der Waals surface area contributed by atoms with Crippen molar-refractivity contribution in [3.05, 3.63) is 90.0 Å². The van der Waals surface area contributed by atoms with E-state index in [9.17, 15) is 4.79 Å². The molecule has 4 heterocycles. The zero-order valence-corrected chi connectivity index (χ0v) is 19.6. The van der Waals surface area contributed by atoms with E-state index in [0.29, 0.717) is 18.2 Å². The summed E-state index contributed by atoms with van der Waals surface area (Å²) in [5.74, 6) is -0.320. The van der Waals surface area contributed by atoms with Crippen molar-refractivity contribution in [1.29, 1.82) is 0 Å². The van der Waals surface area contributed by atoms with Gasteiger partial charge in [-0.1, -0.05) is 18.2 Å². The molecule has 0 spiro atoms. The Kier molecular flexibility index (Phi) is 6.27. The van der Waals surface area contributed by atoms with Crippen molar-refractivity contribution in [3.63, 3.8) is 0 Å². The highest BCUT2D eigenvalue weighted by atomic mass is 16.5. The molecule has 0 saturated carbocycles. The van der Waals surface area contributed by atoms with Crippen molar-refractivity contribution in [2.75, 3.05) is 31.6 Å². The smallest absolute Gasteiger partial charge is 0.337 e. The summed E-state index contributed by atoms with van der Waals surface area (Å²) in [5, 5.41) is 1.13. The van der Waals surface area contributed by atoms with Crippen molar-refractivity contribution in [3.8, 4) is 0 Å². The van der Waals surface area contributed by atoms with E-state index >= 15 is 0 Å². The topological polar surface area (TPSA) is 63.5 Å². The molecule has 174 valence electrons. The van der Waals surface area contributed by atoms with Gasteiger partial charge in [0.1, 0.15) is 5.65 Å². The van der Waals surface area contributed by atoms with Crippen LogP contribution in [-0.2, 0) is 17.8 Å². The lowest BCUT2D eigenvalue weighted by atomic mass is 10.1. The number of fused-ring (bicyclic) bond motifs is 1. The molecule has 0 aliphatic carbocycles. The summed E-state index contributed by atoms with van der Waals surface area (Å²) in [5.41, 5.74) is 5.05. The zero-order chi connectivity index (χ0) is 23.5. The van der Waals surface area contributed by atoms with Crippen LogP contribution in [-0.4, -0.2) is 58.2 Å². The molecule has 0 amide bonds. The van der Waals surface area contributed by atoms with E-state index in [4.69, 9.17) is 9.72 Å². The second-order valence-corrected chi connectivity index (χ2v) is 8.87. The minimum absolute atomic E-state index is 0.320. The minimum atomic E-state index is -0.320. The van der Waals surface area contributed by atoms with Crippen molar-refractivity contribution in [2.45, 2.75) is 26.1 Å². The Bertz CT molecular complexity index is 1270. The molecular weight excluding hydrogens is 426 g/mol. The van der Waals surface area contributed by atoms with Crippen LogP contribution in [0.3, 0.4) is 0 Å². The van der Waals surface area contributed by atoms with Crippen molar-refractivity contribution < 1.29 is 9.53 Å². The minimum Gasteiger partial charge on any atom is -0.465 e. The summed E-state index contributed by atoms with van der Waals surface area (Å²) in [7, 11) is 1.39. The van der Waals surface area contributed by atoms with Crippen LogP contribution < -0.4 is 4.90 Å². The van der Waals surface area contributed by atoms with Gasteiger partial charge in [0.05, 0.1) is 24.6 Å². The average molecular weight is 456 g/mol. The second kappa shape index (κ2) is 9.65. The summed E-state index contributed by atoms with van der Waals surface area (Å²) in [6.45, 7) is 6.88. The van der Waals surface area contributed by atoms with Crippen LogP contribution >= 0.6 is 0 Å². The summed E-state index contributed by atoms with van der Waals surface area (Å²) in [6.07, 6.45) is 7.84. The lowest BCUT2D eigenvalue weighted by Crippen LogP contribution is -2.51. The third-order valence-corrected chi connectivity index (χ3v) is 6.55. The first-order valence-electron chi connectivity index (χ1n) is 11.6. The number of methoxy groups -OCH3 is 1. The molecule has 5 rings (SSSR count). The molecule has 4 aromatic rings. The monoisotopic (exact) mass is 455 g/mol. The van der Waals surface area contributed by atoms with E-state index in [1.807, 2.05) is 36.8 Å². The Morgan fingerprint density at radius 1 is 1.06 bits per heavy atom. The molecule has 1 aliphatic heterocycles. The van der Waals surface area contributed by atoms with Crippen LogP contribution in [0.5, 0.6) is 0 Å². The molecule has 1 fully saturated rings. The number of benzene rings is 1. The van der Waals surface area contributed by atoms with E-state index in [0.717, 1.165) is 42.8 Å². The number of rotatable bonds is 6.